The first-order chi connectivity index (χ1) is 11.5. The van der Waals surface area contributed by atoms with Crippen molar-refractivity contribution < 1.29 is 9.90 Å². The van der Waals surface area contributed by atoms with Gasteiger partial charge in [0.1, 0.15) is 0 Å². The number of carboxylic acids is 1. The molecule has 2 aromatic rings. The Balaban J connectivity index is 1.82. The van der Waals surface area contributed by atoms with Crippen LogP contribution < -0.4 is 10.4 Å². The van der Waals surface area contributed by atoms with Crippen LogP contribution in [-0.2, 0) is 0 Å². The fraction of sp³-hybridized carbons (Fsp3) is 0.211. The number of carbonyl (C=O) groups excluding carboxylic acids is 1. The first-order valence-corrected chi connectivity index (χ1v) is 8.95. The Morgan fingerprint density at radius 2 is 2.00 bits per heavy atom. The number of carbonyl (C=O) groups is 1. The second kappa shape index (κ2) is 5.94. The number of carboxylic acid groups (broad SMARTS) is 1. The molecule has 1 N–H and O–H groups in total. The zero-order chi connectivity index (χ0) is 16.8. The monoisotopic (exact) mass is 402 g/mol. The molecule has 0 saturated carbocycles. The molecule has 0 radical (unpaired) electrons. The van der Waals surface area contributed by atoms with Crippen molar-refractivity contribution in [2.45, 2.75) is 18.4 Å². The molecule has 3 atom stereocenters. The number of rotatable bonds is 2. The Labute approximate surface area is 153 Å². The van der Waals surface area contributed by atoms with Crippen molar-refractivity contribution in [3.05, 3.63) is 74.7 Å². The summed E-state index contributed by atoms with van der Waals surface area (Å²) in [6.45, 7) is 0. The van der Waals surface area contributed by atoms with Crippen LogP contribution in [-0.4, -0.2) is 5.97 Å². The minimum absolute atomic E-state index is 0.127. The second-order valence-electron chi connectivity index (χ2n) is 6.24. The summed E-state index contributed by atoms with van der Waals surface area (Å²) in [5, 5.41) is 15.2. The normalized spacial score (nSPS) is 24.2. The van der Waals surface area contributed by atoms with Crippen LogP contribution in [0.4, 0.5) is 5.69 Å². The molecule has 1 aliphatic heterocycles. The summed E-state index contributed by atoms with van der Waals surface area (Å²) in [7, 11) is 0. The maximum absolute atomic E-state index is 11.2. The van der Waals surface area contributed by atoms with E-state index in [0.29, 0.717) is 10.9 Å². The number of fused-ring (bicyclic) bond motifs is 3. The van der Waals surface area contributed by atoms with Crippen molar-refractivity contribution in [1.82, 2.24) is 0 Å². The molecule has 3 nitrogen and oxygen atoms in total. The number of halogens is 2. The lowest BCUT2D eigenvalue weighted by atomic mass is 9.76. The van der Waals surface area contributed by atoms with E-state index in [4.69, 9.17) is 11.6 Å². The van der Waals surface area contributed by atoms with Gasteiger partial charge in [-0.1, -0.05) is 51.8 Å². The van der Waals surface area contributed by atoms with Gasteiger partial charge in [-0.3, -0.25) is 0 Å². The van der Waals surface area contributed by atoms with Crippen molar-refractivity contribution >= 4 is 39.2 Å². The molecule has 0 spiro atoms. The lowest BCUT2D eigenvalue weighted by Gasteiger charge is -2.38. The van der Waals surface area contributed by atoms with E-state index in [1.807, 2.05) is 12.1 Å². The summed E-state index contributed by atoms with van der Waals surface area (Å²) in [5.74, 6) is -0.702. The van der Waals surface area contributed by atoms with E-state index in [0.717, 1.165) is 22.1 Å². The van der Waals surface area contributed by atoms with E-state index in [2.05, 4.69) is 45.5 Å². The van der Waals surface area contributed by atoms with Crippen molar-refractivity contribution in [2.75, 3.05) is 5.32 Å². The number of anilines is 1. The number of nitrogens with one attached hydrogen (secondary N) is 1. The van der Waals surface area contributed by atoms with Crippen molar-refractivity contribution in [1.29, 1.82) is 0 Å². The van der Waals surface area contributed by atoms with Crippen LogP contribution in [0.25, 0.3) is 0 Å². The third-order valence-electron chi connectivity index (χ3n) is 4.89. The first-order valence-electron chi connectivity index (χ1n) is 7.78. The van der Waals surface area contributed by atoms with E-state index < -0.39 is 5.97 Å². The smallest absolute Gasteiger partial charge is 0.0715 e. The predicted octanol–water partition coefficient (Wildman–Crippen LogP) is 4.29. The summed E-state index contributed by atoms with van der Waals surface area (Å²) >= 11 is 9.84. The zero-order valence-corrected chi connectivity index (χ0v) is 15.0. The highest BCUT2D eigenvalue weighted by Crippen LogP contribution is 2.51. The molecule has 1 aliphatic carbocycles. The van der Waals surface area contributed by atoms with Crippen molar-refractivity contribution in [3.63, 3.8) is 0 Å². The Bertz CT molecular complexity index is 847. The Hall–Kier alpha value is -1.78. The van der Waals surface area contributed by atoms with Gasteiger partial charge in [-0.05, 0) is 53.3 Å². The maximum Gasteiger partial charge on any atom is 0.0715 e. The topological polar surface area (TPSA) is 52.2 Å². The number of hydrogen-bond donors (Lipinski definition) is 1. The fourth-order valence-corrected chi connectivity index (χ4v) is 4.32. The molecule has 0 bridgehead atoms. The summed E-state index contributed by atoms with van der Waals surface area (Å²) in [6, 6.07) is 11.6. The molecule has 0 saturated heterocycles. The van der Waals surface area contributed by atoms with Gasteiger partial charge in [-0.15, -0.1) is 0 Å². The molecule has 4 rings (SSSR count). The van der Waals surface area contributed by atoms with Gasteiger partial charge >= 0.3 is 0 Å². The summed E-state index contributed by atoms with van der Waals surface area (Å²) in [5.41, 5.74) is 3.08. The minimum atomic E-state index is -1.20. The van der Waals surface area contributed by atoms with Gasteiger partial charge in [0.2, 0.25) is 0 Å². The van der Waals surface area contributed by atoms with Crippen LogP contribution in [0.3, 0.4) is 0 Å². The quantitative estimate of drug-likeness (QED) is 0.761. The summed E-state index contributed by atoms with van der Waals surface area (Å²) < 4.78 is 1.04. The highest BCUT2D eigenvalue weighted by atomic mass is 79.9. The maximum atomic E-state index is 11.2. The summed E-state index contributed by atoms with van der Waals surface area (Å²) in [4.78, 5) is 11.2. The molecule has 0 unspecified atom stereocenters. The van der Waals surface area contributed by atoms with E-state index >= 15 is 0 Å². The highest BCUT2D eigenvalue weighted by molar-refractivity contribution is 9.10. The average Bonchev–Trinajstić information content (AvgIpc) is 3.05. The molecule has 0 amide bonds. The number of aromatic carboxylic acids is 1. The SMILES string of the molecule is O=C([O-])c1cc(Cl)c2c(c1)[C@@H]1C=CC[C@@H]1[C@H](c1ccc(Br)cc1)N2. The van der Waals surface area contributed by atoms with Gasteiger partial charge in [0, 0.05) is 10.4 Å². The number of benzene rings is 2. The lowest BCUT2D eigenvalue weighted by Crippen LogP contribution is -2.30. The lowest BCUT2D eigenvalue weighted by molar-refractivity contribution is -0.255. The van der Waals surface area contributed by atoms with E-state index in [-0.39, 0.29) is 17.5 Å². The molecule has 2 aliphatic rings. The van der Waals surface area contributed by atoms with Gasteiger partial charge in [-0.25, -0.2) is 0 Å². The molecule has 1 heterocycles. The molecular formula is C19H14BrClNO2-. The first kappa shape index (κ1) is 15.7. The van der Waals surface area contributed by atoms with Crippen LogP contribution in [0.5, 0.6) is 0 Å². The minimum Gasteiger partial charge on any atom is -0.545 e. The molecule has 2 aromatic carbocycles. The van der Waals surface area contributed by atoms with Crippen LogP contribution in [0.1, 0.15) is 39.9 Å². The number of allylic oxidation sites excluding steroid dienone is 2. The highest BCUT2D eigenvalue weighted by Gasteiger charge is 2.38. The Morgan fingerprint density at radius 1 is 1.25 bits per heavy atom. The molecule has 122 valence electrons. The molecule has 24 heavy (non-hydrogen) atoms. The summed E-state index contributed by atoms with van der Waals surface area (Å²) in [6.07, 6.45) is 5.27. The second-order valence-corrected chi connectivity index (χ2v) is 7.56. The van der Waals surface area contributed by atoms with Gasteiger partial charge in [0.05, 0.1) is 22.7 Å². The third-order valence-corrected chi connectivity index (χ3v) is 5.71. The van der Waals surface area contributed by atoms with Crippen LogP contribution in [0.2, 0.25) is 5.02 Å². The Morgan fingerprint density at radius 3 is 2.71 bits per heavy atom. The van der Waals surface area contributed by atoms with Gasteiger partial charge in [0.25, 0.3) is 0 Å². The average molecular weight is 404 g/mol. The van der Waals surface area contributed by atoms with Gasteiger partial charge < -0.3 is 15.2 Å². The third kappa shape index (κ3) is 2.54. The van der Waals surface area contributed by atoms with Crippen molar-refractivity contribution in [3.8, 4) is 0 Å². The van der Waals surface area contributed by atoms with Gasteiger partial charge in [0.15, 0.2) is 0 Å². The fourth-order valence-electron chi connectivity index (χ4n) is 3.77. The van der Waals surface area contributed by atoms with E-state index in [1.165, 1.54) is 11.6 Å². The largest absolute Gasteiger partial charge is 0.545 e. The van der Waals surface area contributed by atoms with Gasteiger partial charge in [-0.2, -0.15) is 0 Å². The van der Waals surface area contributed by atoms with Crippen LogP contribution >= 0.6 is 27.5 Å². The Kier molecular flexibility index (Phi) is 3.89. The van der Waals surface area contributed by atoms with Crippen LogP contribution in [0.15, 0.2) is 53.0 Å². The zero-order valence-electron chi connectivity index (χ0n) is 12.6. The molecule has 5 heteroatoms. The molecular weight excluding hydrogens is 390 g/mol. The van der Waals surface area contributed by atoms with Crippen LogP contribution in [0, 0.1) is 5.92 Å². The van der Waals surface area contributed by atoms with E-state index in [1.54, 1.807) is 6.07 Å². The van der Waals surface area contributed by atoms with Crippen molar-refractivity contribution in [2.24, 2.45) is 5.92 Å². The molecule has 0 aromatic heterocycles. The van der Waals surface area contributed by atoms with E-state index in [9.17, 15) is 9.90 Å². The standard InChI is InChI=1S/C19H15BrClNO2/c20-12-6-4-10(5-7-12)17-14-3-1-2-13(14)15-8-11(19(23)24)9-16(21)18(15)22-17/h1-2,4-9,13-14,17,22H,3H2,(H,23,24)/p-1/t13-,14+,17+/m1/s1. The number of hydrogen-bond acceptors (Lipinski definition) is 3. The predicted molar refractivity (Wildman–Crippen MR) is 96.3 cm³/mol. The molecule has 0 fully saturated rings.